The van der Waals surface area contributed by atoms with Crippen LogP contribution in [0.1, 0.15) is 20.3 Å². The van der Waals surface area contributed by atoms with Crippen molar-refractivity contribution >= 4 is 23.4 Å². The molecule has 1 atom stereocenters. The van der Waals surface area contributed by atoms with Crippen LogP contribution in [0.5, 0.6) is 0 Å². The summed E-state index contributed by atoms with van der Waals surface area (Å²) in [5.41, 5.74) is 1.08. The number of benzene rings is 1. The molecule has 0 N–H and O–H groups in total. The summed E-state index contributed by atoms with van der Waals surface area (Å²) in [7, 11) is 1.99. The van der Waals surface area contributed by atoms with Crippen LogP contribution in [0.2, 0.25) is 0 Å². The summed E-state index contributed by atoms with van der Waals surface area (Å²) in [5, 5.41) is 0.558. The normalized spacial score (nSPS) is 19.2. The number of nitrogens with zero attached hydrogens (tertiary/aromatic N) is 2. The third kappa shape index (κ3) is 3.51. The molecule has 2 rings (SSSR count). The summed E-state index contributed by atoms with van der Waals surface area (Å²) >= 11 is 1.87. The lowest BCUT2D eigenvalue weighted by Gasteiger charge is -2.25. The number of anilines is 1. The summed E-state index contributed by atoms with van der Waals surface area (Å²) in [6, 6.07) is 8.24. The van der Waals surface area contributed by atoms with Crippen LogP contribution in [0.4, 0.5) is 5.69 Å². The van der Waals surface area contributed by atoms with Gasteiger partial charge in [-0.3, -0.25) is 9.69 Å². The molecular weight excluding hydrogens is 256 g/mol. The Morgan fingerprint density at radius 2 is 2.21 bits per heavy atom. The highest BCUT2D eigenvalue weighted by molar-refractivity contribution is 8.00. The lowest BCUT2D eigenvalue weighted by Crippen LogP contribution is -2.39. The quantitative estimate of drug-likeness (QED) is 0.849. The maximum atomic E-state index is 12.5. The lowest BCUT2D eigenvalue weighted by molar-refractivity contribution is -0.119. The molecule has 1 heterocycles. The second-order valence-electron chi connectivity index (χ2n) is 5.06. The van der Waals surface area contributed by atoms with Gasteiger partial charge in [-0.05, 0) is 32.1 Å². The van der Waals surface area contributed by atoms with Gasteiger partial charge in [0.25, 0.3) is 0 Å². The maximum absolute atomic E-state index is 12.5. The van der Waals surface area contributed by atoms with E-state index >= 15 is 0 Å². The molecule has 0 radical (unpaired) electrons. The van der Waals surface area contributed by atoms with E-state index in [1.165, 1.54) is 4.90 Å². The molecule has 0 saturated heterocycles. The van der Waals surface area contributed by atoms with Gasteiger partial charge >= 0.3 is 0 Å². The van der Waals surface area contributed by atoms with E-state index in [1.807, 2.05) is 40.7 Å². The van der Waals surface area contributed by atoms with Crippen LogP contribution in [0.15, 0.2) is 29.2 Å². The third-order valence-corrected chi connectivity index (χ3v) is 4.73. The van der Waals surface area contributed by atoms with Crippen molar-refractivity contribution in [3.8, 4) is 0 Å². The van der Waals surface area contributed by atoms with Crippen LogP contribution in [-0.2, 0) is 4.79 Å². The maximum Gasteiger partial charge on any atom is 0.241 e. The Kier molecular flexibility index (Phi) is 4.88. The average Bonchev–Trinajstić information content (AvgIpc) is 2.56. The largest absolute Gasteiger partial charge is 0.310 e. The molecular formula is C15H22N2OS. The number of rotatable bonds is 3. The first-order valence-corrected chi connectivity index (χ1v) is 7.74. The van der Waals surface area contributed by atoms with Gasteiger partial charge in [-0.1, -0.05) is 26.0 Å². The topological polar surface area (TPSA) is 23.6 Å². The molecule has 4 heteroatoms. The van der Waals surface area contributed by atoms with Crippen molar-refractivity contribution in [3.63, 3.8) is 0 Å². The zero-order valence-electron chi connectivity index (χ0n) is 11.9. The lowest BCUT2D eigenvalue weighted by atomic mass is 10.2. The predicted octanol–water partition coefficient (Wildman–Crippen LogP) is 2.86. The molecule has 1 aromatic carbocycles. The van der Waals surface area contributed by atoms with Gasteiger partial charge in [0.15, 0.2) is 0 Å². The van der Waals surface area contributed by atoms with Gasteiger partial charge in [0.05, 0.1) is 12.2 Å². The van der Waals surface area contributed by atoms with Crippen molar-refractivity contribution in [1.82, 2.24) is 4.90 Å². The van der Waals surface area contributed by atoms with Gasteiger partial charge < -0.3 is 4.90 Å². The SMILES string of the molecule is CCN(C)CC(=O)N1CCC(C)Sc2ccccc21. The Bertz CT molecular complexity index is 450. The Labute approximate surface area is 120 Å². The van der Waals surface area contributed by atoms with E-state index in [2.05, 4.69) is 26.0 Å². The number of hydrogen-bond acceptors (Lipinski definition) is 3. The molecule has 3 nitrogen and oxygen atoms in total. The Hall–Kier alpha value is -1.00. The fraction of sp³-hybridized carbons (Fsp3) is 0.533. The molecule has 0 aliphatic carbocycles. The summed E-state index contributed by atoms with van der Waals surface area (Å²) in [6.07, 6.45) is 1.04. The summed E-state index contributed by atoms with van der Waals surface area (Å²) in [4.78, 5) is 17.7. The van der Waals surface area contributed by atoms with E-state index in [4.69, 9.17) is 0 Å². The minimum absolute atomic E-state index is 0.200. The average molecular weight is 278 g/mol. The van der Waals surface area contributed by atoms with Crippen molar-refractivity contribution in [3.05, 3.63) is 24.3 Å². The van der Waals surface area contributed by atoms with Gasteiger partial charge in [-0.15, -0.1) is 11.8 Å². The Balaban J connectivity index is 2.23. The Morgan fingerprint density at radius 1 is 1.47 bits per heavy atom. The molecule has 1 aromatic rings. The number of para-hydroxylation sites is 1. The number of fused-ring (bicyclic) bond motifs is 1. The zero-order valence-corrected chi connectivity index (χ0v) is 12.7. The minimum atomic E-state index is 0.200. The summed E-state index contributed by atoms with van der Waals surface area (Å²) in [6.45, 7) is 6.51. The molecule has 0 bridgehead atoms. The van der Waals surface area contributed by atoms with Gasteiger partial charge in [-0.2, -0.15) is 0 Å². The molecule has 1 aliphatic rings. The number of carbonyl (C=O) groups is 1. The van der Waals surface area contributed by atoms with Crippen LogP contribution < -0.4 is 4.90 Å². The highest BCUT2D eigenvalue weighted by atomic mass is 32.2. The first-order valence-electron chi connectivity index (χ1n) is 6.86. The van der Waals surface area contributed by atoms with Gasteiger partial charge in [0, 0.05) is 16.7 Å². The van der Waals surface area contributed by atoms with Crippen molar-refractivity contribution in [2.75, 3.05) is 31.6 Å². The van der Waals surface area contributed by atoms with Crippen molar-refractivity contribution < 1.29 is 4.79 Å². The number of carbonyl (C=O) groups excluding carboxylic acids is 1. The van der Waals surface area contributed by atoms with E-state index in [0.29, 0.717) is 11.8 Å². The molecule has 1 unspecified atom stereocenters. The fourth-order valence-corrected chi connectivity index (χ4v) is 3.29. The molecule has 0 spiro atoms. The third-order valence-electron chi connectivity index (χ3n) is 3.49. The van der Waals surface area contributed by atoms with Crippen LogP contribution in [0.25, 0.3) is 0 Å². The highest BCUT2D eigenvalue weighted by Crippen LogP contribution is 2.37. The zero-order chi connectivity index (χ0) is 13.8. The second-order valence-corrected chi connectivity index (χ2v) is 6.54. The highest BCUT2D eigenvalue weighted by Gasteiger charge is 2.24. The van der Waals surface area contributed by atoms with Crippen LogP contribution >= 0.6 is 11.8 Å². The Morgan fingerprint density at radius 3 is 2.95 bits per heavy atom. The number of amides is 1. The summed E-state index contributed by atoms with van der Waals surface area (Å²) < 4.78 is 0. The first-order chi connectivity index (χ1) is 9.11. The monoisotopic (exact) mass is 278 g/mol. The molecule has 0 fully saturated rings. The van der Waals surface area contributed by atoms with Crippen LogP contribution in [-0.4, -0.2) is 42.7 Å². The van der Waals surface area contributed by atoms with Crippen molar-refractivity contribution in [2.45, 2.75) is 30.4 Å². The molecule has 104 valence electrons. The molecule has 0 aromatic heterocycles. The standard InChI is InChI=1S/C15H22N2OS/c1-4-16(3)11-15(18)17-10-9-12(2)19-14-8-6-5-7-13(14)17/h5-8,12H,4,9-11H2,1-3H3. The fourth-order valence-electron chi connectivity index (χ4n) is 2.17. The van der Waals surface area contributed by atoms with E-state index in [-0.39, 0.29) is 5.91 Å². The predicted molar refractivity (Wildman–Crippen MR) is 81.9 cm³/mol. The van der Waals surface area contributed by atoms with Gasteiger partial charge in [-0.25, -0.2) is 0 Å². The van der Waals surface area contributed by atoms with E-state index in [9.17, 15) is 4.79 Å². The number of thioether (sulfide) groups is 1. The number of likely N-dealkylation sites (N-methyl/N-ethyl adjacent to an activating group) is 1. The van der Waals surface area contributed by atoms with Gasteiger partial charge in [0.2, 0.25) is 5.91 Å². The van der Waals surface area contributed by atoms with E-state index in [1.54, 1.807) is 0 Å². The van der Waals surface area contributed by atoms with Crippen LogP contribution in [0, 0.1) is 0 Å². The second kappa shape index (κ2) is 6.44. The first kappa shape index (κ1) is 14.4. The summed E-state index contributed by atoms with van der Waals surface area (Å²) in [5.74, 6) is 0.200. The molecule has 0 saturated carbocycles. The van der Waals surface area contributed by atoms with Gasteiger partial charge in [0.1, 0.15) is 0 Å². The van der Waals surface area contributed by atoms with Crippen molar-refractivity contribution in [1.29, 1.82) is 0 Å². The van der Waals surface area contributed by atoms with Crippen molar-refractivity contribution in [2.24, 2.45) is 0 Å². The molecule has 1 amide bonds. The van der Waals surface area contributed by atoms with Crippen LogP contribution in [0.3, 0.4) is 0 Å². The van der Waals surface area contributed by atoms with E-state index in [0.717, 1.165) is 25.2 Å². The molecule has 1 aliphatic heterocycles. The minimum Gasteiger partial charge on any atom is -0.310 e. The molecule has 19 heavy (non-hydrogen) atoms. The van der Waals surface area contributed by atoms with E-state index < -0.39 is 0 Å². The number of hydrogen-bond donors (Lipinski definition) is 0. The smallest absolute Gasteiger partial charge is 0.241 e.